The minimum absolute atomic E-state index is 0.393. The van der Waals surface area contributed by atoms with Gasteiger partial charge in [-0.3, -0.25) is 0 Å². The molecule has 2 rings (SSSR count). The van der Waals surface area contributed by atoms with Crippen molar-refractivity contribution in [2.45, 2.75) is 19.4 Å². The van der Waals surface area contributed by atoms with Crippen molar-refractivity contribution in [2.24, 2.45) is 0 Å². The number of aliphatic hydroxyl groups excluding tert-OH is 1. The minimum atomic E-state index is -0.393. The SMILES string of the molecule is Cc1cc(C(O)CCN2CCN(C)CC2)ccc1Cl. The molecule has 1 unspecified atom stereocenters. The van der Waals surface area contributed by atoms with Gasteiger partial charge in [0.15, 0.2) is 0 Å². The van der Waals surface area contributed by atoms with E-state index >= 15 is 0 Å². The zero-order valence-corrected chi connectivity index (χ0v) is 12.5. The third-order valence-electron chi connectivity index (χ3n) is 3.88. The predicted octanol–water partition coefficient (Wildman–Crippen LogP) is 2.32. The summed E-state index contributed by atoms with van der Waals surface area (Å²) in [6, 6.07) is 5.77. The van der Waals surface area contributed by atoms with Crippen molar-refractivity contribution >= 4 is 11.6 Å². The van der Waals surface area contributed by atoms with Crippen molar-refractivity contribution < 1.29 is 5.11 Å². The molecule has 0 amide bonds. The number of halogens is 1. The summed E-state index contributed by atoms with van der Waals surface area (Å²) in [6.07, 6.45) is 0.390. The van der Waals surface area contributed by atoms with Crippen LogP contribution in [0.2, 0.25) is 5.02 Å². The predicted molar refractivity (Wildman–Crippen MR) is 79.7 cm³/mol. The molecule has 1 aromatic carbocycles. The van der Waals surface area contributed by atoms with Crippen molar-refractivity contribution in [3.8, 4) is 0 Å². The van der Waals surface area contributed by atoms with Gasteiger partial charge < -0.3 is 14.9 Å². The van der Waals surface area contributed by atoms with Gasteiger partial charge in [-0.1, -0.05) is 23.7 Å². The normalized spacial score (nSPS) is 19.6. The quantitative estimate of drug-likeness (QED) is 0.918. The van der Waals surface area contributed by atoms with Gasteiger partial charge in [-0.15, -0.1) is 0 Å². The number of hydrogen-bond donors (Lipinski definition) is 1. The van der Waals surface area contributed by atoms with E-state index in [0.29, 0.717) is 0 Å². The highest BCUT2D eigenvalue weighted by molar-refractivity contribution is 6.31. The molecule has 19 heavy (non-hydrogen) atoms. The maximum Gasteiger partial charge on any atom is 0.0802 e. The lowest BCUT2D eigenvalue weighted by molar-refractivity contribution is 0.113. The molecular weight excluding hydrogens is 260 g/mol. The van der Waals surface area contributed by atoms with E-state index in [0.717, 1.165) is 55.3 Å². The van der Waals surface area contributed by atoms with E-state index in [9.17, 15) is 5.11 Å². The van der Waals surface area contributed by atoms with Crippen LogP contribution in [0.25, 0.3) is 0 Å². The molecule has 106 valence electrons. The fourth-order valence-electron chi connectivity index (χ4n) is 2.42. The Kier molecular flexibility index (Phi) is 5.22. The molecule has 1 aliphatic heterocycles. The van der Waals surface area contributed by atoms with Crippen LogP contribution >= 0.6 is 11.6 Å². The van der Waals surface area contributed by atoms with Gasteiger partial charge >= 0.3 is 0 Å². The Morgan fingerprint density at radius 3 is 2.58 bits per heavy atom. The van der Waals surface area contributed by atoms with Gasteiger partial charge in [-0.25, -0.2) is 0 Å². The first kappa shape index (κ1) is 14.8. The van der Waals surface area contributed by atoms with E-state index in [2.05, 4.69) is 16.8 Å². The summed E-state index contributed by atoms with van der Waals surface area (Å²) in [6.45, 7) is 7.37. The molecule has 1 aliphatic rings. The number of rotatable bonds is 4. The third-order valence-corrected chi connectivity index (χ3v) is 4.31. The Bertz CT molecular complexity index is 417. The highest BCUT2D eigenvalue weighted by atomic mass is 35.5. The summed E-state index contributed by atoms with van der Waals surface area (Å²) < 4.78 is 0. The molecule has 0 aliphatic carbocycles. The molecule has 0 bridgehead atoms. The zero-order chi connectivity index (χ0) is 13.8. The highest BCUT2D eigenvalue weighted by Gasteiger charge is 2.16. The molecule has 0 saturated carbocycles. The largest absolute Gasteiger partial charge is 0.388 e. The van der Waals surface area contributed by atoms with Crippen molar-refractivity contribution in [1.29, 1.82) is 0 Å². The van der Waals surface area contributed by atoms with Crippen LogP contribution in [-0.2, 0) is 0 Å². The van der Waals surface area contributed by atoms with Gasteiger partial charge in [0.25, 0.3) is 0 Å². The summed E-state index contributed by atoms with van der Waals surface area (Å²) in [5.41, 5.74) is 1.99. The second kappa shape index (κ2) is 6.71. The van der Waals surface area contributed by atoms with E-state index in [1.165, 1.54) is 0 Å². The van der Waals surface area contributed by atoms with E-state index in [1.54, 1.807) is 0 Å². The number of hydrogen-bond acceptors (Lipinski definition) is 3. The molecule has 1 saturated heterocycles. The summed E-state index contributed by atoms with van der Waals surface area (Å²) in [7, 11) is 2.16. The van der Waals surface area contributed by atoms with Crippen molar-refractivity contribution in [1.82, 2.24) is 9.80 Å². The second-order valence-corrected chi connectivity index (χ2v) is 5.87. The molecule has 3 nitrogen and oxygen atoms in total. The molecule has 4 heteroatoms. The monoisotopic (exact) mass is 282 g/mol. The maximum absolute atomic E-state index is 10.2. The molecule has 0 radical (unpaired) electrons. The van der Waals surface area contributed by atoms with Crippen LogP contribution in [0.3, 0.4) is 0 Å². The Hall–Kier alpha value is -0.610. The summed E-state index contributed by atoms with van der Waals surface area (Å²) >= 11 is 6.00. The molecule has 0 spiro atoms. The molecule has 0 aromatic heterocycles. The maximum atomic E-state index is 10.2. The van der Waals surface area contributed by atoms with E-state index < -0.39 is 6.10 Å². The molecule has 1 atom stereocenters. The first-order valence-corrected chi connectivity index (χ1v) is 7.29. The summed E-state index contributed by atoms with van der Waals surface area (Å²) in [5, 5.41) is 11.0. The lowest BCUT2D eigenvalue weighted by Crippen LogP contribution is -2.44. The van der Waals surface area contributed by atoms with Gasteiger partial charge in [-0.05, 0) is 37.6 Å². The number of aliphatic hydroxyl groups is 1. The zero-order valence-electron chi connectivity index (χ0n) is 11.8. The lowest BCUT2D eigenvalue weighted by atomic mass is 10.0. The summed E-state index contributed by atoms with van der Waals surface area (Å²) in [4.78, 5) is 4.77. The van der Waals surface area contributed by atoms with Crippen LogP contribution in [0.1, 0.15) is 23.7 Å². The molecule has 1 fully saturated rings. The van der Waals surface area contributed by atoms with Crippen LogP contribution in [0.15, 0.2) is 18.2 Å². The average molecular weight is 283 g/mol. The molecule has 1 N–H and O–H groups in total. The summed E-state index contributed by atoms with van der Waals surface area (Å²) in [5.74, 6) is 0. The van der Waals surface area contributed by atoms with E-state index in [1.807, 2.05) is 25.1 Å². The van der Waals surface area contributed by atoms with Crippen LogP contribution in [-0.4, -0.2) is 54.7 Å². The van der Waals surface area contributed by atoms with Gasteiger partial charge in [-0.2, -0.15) is 0 Å². The van der Waals surface area contributed by atoms with Gasteiger partial charge in [0.1, 0.15) is 0 Å². The van der Waals surface area contributed by atoms with E-state index in [4.69, 9.17) is 11.6 Å². The standard InChI is InChI=1S/C15H23ClN2O/c1-12-11-13(3-4-14(12)16)15(19)5-6-18-9-7-17(2)8-10-18/h3-4,11,15,19H,5-10H2,1-2H3. The third kappa shape index (κ3) is 4.18. The highest BCUT2D eigenvalue weighted by Crippen LogP contribution is 2.23. The fraction of sp³-hybridized carbons (Fsp3) is 0.600. The number of aryl methyl sites for hydroxylation is 1. The topological polar surface area (TPSA) is 26.7 Å². The lowest BCUT2D eigenvalue weighted by Gasteiger charge is -2.32. The number of nitrogens with zero attached hydrogens (tertiary/aromatic N) is 2. The van der Waals surface area contributed by atoms with E-state index in [-0.39, 0.29) is 0 Å². The van der Waals surface area contributed by atoms with Crippen molar-refractivity contribution in [2.75, 3.05) is 39.8 Å². The first-order chi connectivity index (χ1) is 9.06. The Labute approximate surface area is 120 Å². The first-order valence-electron chi connectivity index (χ1n) is 6.91. The number of piperazine rings is 1. The average Bonchev–Trinajstić information content (AvgIpc) is 2.41. The minimum Gasteiger partial charge on any atom is -0.388 e. The van der Waals surface area contributed by atoms with Crippen molar-refractivity contribution in [3.05, 3.63) is 34.3 Å². The van der Waals surface area contributed by atoms with Crippen LogP contribution in [0.4, 0.5) is 0 Å². The number of likely N-dealkylation sites (N-methyl/N-ethyl adjacent to an activating group) is 1. The van der Waals surface area contributed by atoms with Gasteiger partial charge in [0, 0.05) is 37.7 Å². The Balaban J connectivity index is 1.83. The van der Waals surface area contributed by atoms with Gasteiger partial charge in [0.2, 0.25) is 0 Å². The van der Waals surface area contributed by atoms with Crippen LogP contribution < -0.4 is 0 Å². The molecule has 1 aromatic rings. The Morgan fingerprint density at radius 1 is 1.26 bits per heavy atom. The molecular formula is C15H23ClN2O. The smallest absolute Gasteiger partial charge is 0.0802 e. The van der Waals surface area contributed by atoms with Crippen LogP contribution in [0.5, 0.6) is 0 Å². The Morgan fingerprint density at radius 2 is 1.95 bits per heavy atom. The van der Waals surface area contributed by atoms with Crippen LogP contribution in [0, 0.1) is 6.92 Å². The molecule has 1 heterocycles. The number of benzene rings is 1. The van der Waals surface area contributed by atoms with Gasteiger partial charge in [0.05, 0.1) is 6.10 Å². The van der Waals surface area contributed by atoms with Crippen molar-refractivity contribution in [3.63, 3.8) is 0 Å². The second-order valence-electron chi connectivity index (χ2n) is 5.46. The fourth-order valence-corrected chi connectivity index (χ4v) is 2.54.